The molecule has 2 N–H and O–H groups in total. The Hall–Kier alpha value is -1.88. The van der Waals surface area contributed by atoms with Crippen molar-refractivity contribution < 1.29 is 0 Å². The molecule has 0 saturated heterocycles. The maximum absolute atomic E-state index is 6.00. The molecule has 0 spiro atoms. The van der Waals surface area contributed by atoms with E-state index in [1.165, 1.54) is 5.56 Å². The van der Waals surface area contributed by atoms with Gasteiger partial charge in [0.15, 0.2) is 0 Å². The van der Waals surface area contributed by atoms with Gasteiger partial charge in [-0.15, -0.1) is 11.3 Å². The van der Waals surface area contributed by atoms with E-state index in [2.05, 4.69) is 28.3 Å². The van der Waals surface area contributed by atoms with E-state index in [0.29, 0.717) is 12.5 Å². The number of anilines is 1. The van der Waals surface area contributed by atoms with Crippen molar-refractivity contribution in [2.75, 3.05) is 5.73 Å². The Morgan fingerprint density at radius 1 is 1.28 bits per heavy atom. The van der Waals surface area contributed by atoms with Crippen LogP contribution in [-0.2, 0) is 6.54 Å². The van der Waals surface area contributed by atoms with Gasteiger partial charge in [-0.1, -0.05) is 12.1 Å². The Bertz CT molecular complexity index is 711. The van der Waals surface area contributed by atoms with E-state index in [1.807, 2.05) is 23.6 Å². The van der Waals surface area contributed by atoms with Gasteiger partial charge in [-0.3, -0.25) is 0 Å². The molecular weight excluding hydrogens is 244 g/mol. The number of hydrogen-bond donors (Lipinski definition) is 1. The molecule has 0 amide bonds. The maximum Gasteiger partial charge on any atom is 0.201 e. The number of benzene rings is 1. The number of para-hydroxylation sites is 1. The minimum absolute atomic E-state index is 0.546. The number of hydrogen-bond acceptors (Lipinski definition) is 4. The smallest absolute Gasteiger partial charge is 0.201 e. The van der Waals surface area contributed by atoms with Crippen LogP contribution in [0.4, 0.5) is 5.95 Å². The van der Waals surface area contributed by atoms with Crippen molar-refractivity contribution in [2.24, 2.45) is 0 Å². The summed E-state index contributed by atoms with van der Waals surface area (Å²) in [6, 6.07) is 6.06. The number of rotatable bonds is 2. The van der Waals surface area contributed by atoms with Crippen molar-refractivity contribution in [3.8, 4) is 0 Å². The number of imidazole rings is 1. The summed E-state index contributed by atoms with van der Waals surface area (Å²) >= 11 is 1.66. The minimum atomic E-state index is 0.546. The highest BCUT2D eigenvalue weighted by Gasteiger charge is 2.11. The number of nitrogens with zero attached hydrogens (tertiary/aromatic N) is 3. The standard InChI is InChI=1S/C13H14N4S/c1-8-4-3-5-11-12(8)17(13(14)16-11)6-10-7-18-9(2)15-10/h3-5,7H,6H2,1-2H3,(H2,14,16). The van der Waals surface area contributed by atoms with Crippen LogP contribution >= 0.6 is 11.3 Å². The Balaban J connectivity index is 2.13. The van der Waals surface area contributed by atoms with Gasteiger partial charge in [0.05, 0.1) is 28.3 Å². The Morgan fingerprint density at radius 2 is 2.11 bits per heavy atom. The number of thiazole rings is 1. The van der Waals surface area contributed by atoms with Gasteiger partial charge in [-0.2, -0.15) is 0 Å². The molecule has 92 valence electrons. The second-order valence-corrected chi connectivity index (χ2v) is 5.42. The molecule has 2 aromatic heterocycles. The third-order valence-corrected chi connectivity index (χ3v) is 3.81. The van der Waals surface area contributed by atoms with Gasteiger partial charge in [0.2, 0.25) is 5.95 Å². The van der Waals surface area contributed by atoms with E-state index in [-0.39, 0.29) is 0 Å². The van der Waals surface area contributed by atoms with Crippen LogP contribution in [0.1, 0.15) is 16.3 Å². The Morgan fingerprint density at radius 3 is 2.83 bits per heavy atom. The van der Waals surface area contributed by atoms with Crippen LogP contribution < -0.4 is 5.73 Å². The average molecular weight is 258 g/mol. The lowest BCUT2D eigenvalue weighted by atomic mass is 10.2. The summed E-state index contributed by atoms with van der Waals surface area (Å²) in [4.78, 5) is 8.87. The fourth-order valence-corrected chi connectivity index (χ4v) is 2.79. The van der Waals surface area contributed by atoms with Crippen molar-refractivity contribution in [1.82, 2.24) is 14.5 Å². The van der Waals surface area contributed by atoms with Crippen molar-refractivity contribution in [3.05, 3.63) is 39.8 Å². The van der Waals surface area contributed by atoms with E-state index in [4.69, 9.17) is 5.73 Å². The molecule has 18 heavy (non-hydrogen) atoms. The van der Waals surface area contributed by atoms with E-state index in [0.717, 1.165) is 21.7 Å². The van der Waals surface area contributed by atoms with E-state index >= 15 is 0 Å². The number of fused-ring (bicyclic) bond motifs is 1. The molecule has 5 heteroatoms. The fourth-order valence-electron chi connectivity index (χ4n) is 2.19. The molecule has 0 atom stereocenters. The number of aromatic nitrogens is 3. The van der Waals surface area contributed by atoms with Crippen LogP contribution in [0.25, 0.3) is 11.0 Å². The van der Waals surface area contributed by atoms with Crippen molar-refractivity contribution in [2.45, 2.75) is 20.4 Å². The third kappa shape index (κ3) is 1.76. The van der Waals surface area contributed by atoms with E-state index in [9.17, 15) is 0 Å². The molecule has 2 heterocycles. The van der Waals surface area contributed by atoms with Gasteiger partial charge in [0.25, 0.3) is 0 Å². The molecule has 4 nitrogen and oxygen atoms in total. The SMILES string of the molecule is Cc1nc(Cn2c(N)nc3cccc(C)c32)cs1. The average Bonchev–Trinajstić information content (AvgIpc) is 2.85. The summed E-state index contributed by atoms with van der Waals surface area (Å²) in [5.74, 6) is 0.546. The molecule has 0 saturated carbocycles. The third-order valence-electron chi connectivity index (χ3n) is 2.98. The number of nitrogens with two attached hydrogens (primary N) is 1. The summed E-state index contributed by atoms with van der Waals surface area (Å²) in [6.45, 7) is 4.76. The van der Waals surface area contributed by atoms with Crippen molar-refractivity contribution in [1.29, 1.82) is 0 Å². The van der Waals surface area contributed by atoms with Crippen molar-refractivity contribution in [3.63, 3.8) is 0 Å². The number of nitrogen functional groups attached to an aromatic ring is 1. The summed E-state index contributed by atoms with van der Waals surface area (Å²) in [5, 5.41) is 3.14. The maximum atomic E-state index is 6.00. The lowest BCUT2D eigenvalue weighted by Crippen LogP contribution is -2.05. The summed E-state index contributed by atoms with van der Waals surface area (Å²) in [7, 11) is 0. The zero-order valence-corrected chi connectivity index (χ0v) is 11.2. The zero-order valence-electron chi connectivity index (χ0n) is 10.3. The summed E-state index contributed by atoms with van der Waals surface area (Å²) in [6.07, 6.45) is 0. The highest BCUT2D eigenvalue weighted by Crippen LogP contribution is 2.22. The molecule has 0 fully saturated rings. The van der Waals surface area contributed by atoms with Crippen LogP contribution in [0.3, 0.4) is 0 Å². The Kier molecular flexibility index (Phi) is 2.56. The highest BCUT2D eigenvalue weighted by molar-refractivity contribution is 7.09. The van der Waals surface area contributed by atoms with Gasteiger partial charge in [0, 0.05) is 5.38 Å². The predicted octanol–water partition coefficient (Wildman–Crippen LogP) is 2.74. The van der Waals surface area contributed by atoms with Crippen LogP contribution in [-0.4, -0.2) is 14.5 Å². The highest BCUT2D eigenvalue weighted by atomic mass is 32.1. The summed E-state index contributed by atoms with van der Waals surface area (Å²) < 4.78 is 2.03. The molecule has 0 bridgehead atoms. The first-order chi connectivity index (χ1) is 8.65. The van der Waals surface area contributed by atoms with Crippen LogP contribution in [0.5, 0.6) is 0 Å². The number of aryl methyl sites for hydroxylation is 2. The monoisotopic (exact) mass is 258 g/mol. The molecule has 3 rings (SSSR count). The molecular formula is C13H14N4S. The fraction of sp³-hybridized carbons (Fsp3) is 0.231. The van der Waals surface area contributed by atoms with Crippen LogP contribution in [0.2, 0.25) is 0 Å². The largest absolute Gasteiger partial charge is 0.369 e. The second-order valence-electron chi connectivity index (χ2n) is 4.36. The van der Waals surface area contributed by atoms with Gasteiger partial charge in [-0.05, 0) is 25.5 Å². The lowest BCUT2D eigenvalue weighted by molar-refractivity contribution is 0.811. The topological polar surface area (TPSA) is 56.7 Å². The van der Waals surface area contributed by atoms with Gasteiger partial charge in [0.1, 0.15) is 0 Å². The van der Waals surface area contributed by atoms with E-state index in [1.54, 1.807) is 11.3 Å². The predicted molar refractivity (Wildman–Crippen MR) is 74.8 cm³/mol. The molecule has 0 aliphatic carbocycles. The molecule has 0 unspecified atom stereocenters. The van der Waals surface area contributed by atoms with Crippen molar-refractivity contribution >= 4 is 28.3 Å². The first-order valence-corrected chi connectivity index (χ1v) is 6.65. The van der Waals surface area contributed by atoms with Gasteiger partial charge >= 0.3 is 0 Å². The first-order valence-electron chi connectivity index (χ1n) is 5.77. The minimum Gasteiger partial charge on any atom is -0.369 e. The zero-order chi connectivity index (χ0) is 12.7. The molecule has 0 aliphatic heterocycles. The van der Waals surface area contributed by atoms with Crippen LogP contribution in [0, 0.1) is 13.8 Å². The lowest BCUT2D eigenvalue weighted by Gasteiger charge is -2.05. The molecule has 3 aromatic rings. The quantitative estimate of drug-likeness (QED) is 0.769. The Labute approximate surface area is 109 Å². The van der Waals surface area contributed by atoms with Gasteiger partial charge < -0.3 is 10.3 Å². The van der Waals surface area contributed by atoms with Crippen LogP contribution in [0.15, 0.2) is 23.6 Å². The molecule has 0 radical (unpaired) electrons. The normalized spacial score (nSPS) is 11.2. The summed E-state index contributed by atoms with van der Waals surface area (Å²) in [5.41, 5.74) is 10.3. The van der Waals surface area contributed by atoms with E-state index < -0.39 is 0 Å². The molecule has 0 aliphatic rings. The molecule has 1 aromatic carbocycles. The first kappa shape index (κ1) is 11.2. The second kappa shape index (κ2) is 4.10. The van der Waals surface area contributed by atoms with Gasteiger partial charge in [-0.25, -0.2) is 9.97 Å².